The van der Waals surface area contributed by atoms with E-state index in [2.05, 4.69) is 64.7 Å². The number of ether oxygens (including phenoxy) is 3. The Labute approximate surface area is 193 Å². The van der Waals surface area contributed by atoms with Crippen LogP contribution in [0.4, 0.5) is 5.82 Å². The highest BCUT2D eigenvalue weighted by Gasteiger charge is 2.16. The molecule has 33 heavy (non-hydrogen) atoms. The van der Waals surface area contributed by atoms with Crippen LogP contribution >= 0.6 is 0 Å². The Morgan fingerprint density at radius 1 is 0.939 bits per heavy atom. The van der Waals surface area contributed by atoms with E-state index in [4.69, 9.17) is 14.2 Å². The van der Waals surface area contributed by atoms with E-state index < -0.39 is 0 Å². The standard InChI is InChI=1S/C27H27N3O3/c1-16(18-6-5-7-19(12-18)20-8-9-24-21(13-20)10-11-33-24)28-27-22-14-25(31-3)26(32-4)15-23(22)29-17(2)30-27/h5-9,12-16H,10-11H2,1-4H3,(H,28,29,30). The van der Waals surface area contributed by atoms with Crippen LogP contribution in [0.5, 0.6) is 17.2 Å². The Kier molecular flexibility index (Phi) is 5.50. The first kappa shape index (κ1) is 21.1. The number of nitrogens with zero attached hydrogens (tertiary/aromatic N) is 2. The van der Waals surface area contributed by atoms with Gasteiger partial charge >= 0.3 is 0 Å². The molecule has 0 saturated heterocycles. The maximum Gasteiger partial charge on any atom is 0.162 e. The van der Waals surface area contributed by atoms with Crippen molar-refractivity contribution in [3.63, 3.8) is 0 Å². The minimum absolute atomic E-state index is 0.0355. The number of hydrogen-bond acceptors (Lipinski definition) is 6. The lowest BCUT2D eigenvalue weighted by Gasteiger charge is -2.18. The molecule has 3 aromatic carbocycles. The molecular weight excluding hydrogens is 414 g/mol. The van der Waals surface area contributed by atoms with Gasteiger partial charge in [0.05, 0.1) is 26.3 Å². The molecule has 6 nitrogen and oxygen atoms in total. The summed E-state index contributed by atoms with van der Waals surface area (Å²) >= 11 is 0. The topological polar surface area (TPSA) is 65.5 Å². The quantitative estimate of drug-likeness (QED) is 0.412. The molecule has 0 bridgehead atoms. The van der Waals surface area contributed by atoms with Gasteiger partial charge < -0.3 is 19.5 Å². The van der Waals surface area contributed by atoms with Crippen LogP contribution < -0.4 is 19.5 Å². The van der Waals surface area contributed by atoms with Crippen LogP contribution in [-0.2, 0) is 6.42 Å². The van der Waals surface area contributed by atoms with Gasteiger partial charge in [0.25, 0.3) is 0 Å². The normalized spacial score (nSPS) is 13.3. The number of anilines is 1. The molecule has 1 N–H and O–H groups in total. The number of hydrogen-bond donors (Lipinski definition) is 1. The summed E-state index contributed by atoms with van der Waals surface area (Å²) in [5.41, 5.74) is 5.65. The van der Waals surface area contributed by atoms with Crippen molar-refractivity contribution in [2.75, 3.05) is 26.1 Å². The van der Waals surface area contributed by atoms with Crippen LogP contribution in [0.3, 0.4) is 0 Å². The number of methoxy groups -OCH3 is 2. The second-order valence-corrected chi connectivity index (χ2v) is 8.26. The van der Waals surface area contributed by atoms with Gasteiger partial charge in [0.15, 0.2) is 11.5 Å². The van der Waals surface area contributed by atoms with Gasteiger partial charge in [-0.1, -0.05) is 24.3 Å². The third kappa shape index (κ3) is 4.04. The fourth-order valence-electron chi connectivity index (χ4n) is 4.32. The van der Waals surface area contributed by atoms with E-state index in [-0.39, 0.29) is 6.04 Å². The molecule has 0 fully saturated rings. The Bertz CT molecular complexity index is 1340. The predicted molar refractivity (Wildman–Crippen MR) is 130 cm³/mol. The van der Waals surface area contributed by atoms with Gasteiger partial charge in [0, 0.05) is 23.9 Å². The molecule has 0 aliphatic carbocycles. The first-order valence-corrected chi connectivity index (χ1v) is 11.1. The third-order valence-electron chi connectivity index (χ3n) is 6.08. The highest BCUT2D eigenvalue weighted by molar-refractivity contribution is 5.92. The second-order valence-electron chi connectivity index (χ2n) is 8.26. The molecule has 6 heteroatoms. The molecule has 5 rings (SSSR count). The molecule has 2 heterocycles. The second kappa shape index (κ2) is 8.62. The third-order valence-corrected chi connectivity index (χ3v) is 6.08. The number of rotatable bonds is 6. The van der Waals surface area contributed by atoms with Gasteiger partial charge in [-0.15, -0.1) is 0 Å². The monoisotopic (exact) mass is 441 g/mol. The molecule has 0 radical (unpaired) electrons. The van der Waals surface area contributed by atoms with Crippen molar-refractivity contribution in [2.24, 2.45) is 0 Å². The van der Waals surface area contributed by atoms with Gasteiger partial charge in [0.1, 0.15) is 17.4 Å². The lowest BCUT2D eigenvalue weighted by molar-refractivity contribution is 0.356. The molecule has 1 aromatic heterocycles. The maximum atomic E-state index is 5.65. The molecule has 168 valence electrons. The van der Waals surface area contributed by atoms with Crippen molar-refractivity contribution in [3.05, 3.63) is 71.5 Å². The lowest BCUT2D eigenvalue weighted by atomic mass is 9.98. The van der Waals surface area contributed by atoms with Crippen molar-refractivity contribution >= 4 is 16.7 Å². The molecule has 1 atom stereocenters. The number of fused-ring (bicyclic) bond motifs is 2. The average molecular weight is 442 g/mol. The van der Waals surface area contributed by atoms with Crippen LogP contribution in [0, 0.1) is 6.92 Å². The SMILES string of the molecule is COc1cc2nc(C)nc(NC(C)c3cccc(-c4ccc5c(c4)CCO5)c3)c2cc1OC. The van der Waals surface area contributed by atoms with Crippen molar-refractivity contribution in [3.8, 4) is 28.4 Å². The van der Waals surface area contributed by atoms with Gasteiger partial charge in [-0.3, -0.25) is 0 Å². The molecular formula is C27H27N3O3. The maximum absolute atomic E-state index is 5.65. The van der Waals surface area contributed by atoms with Gasteiger partial charge in [-0.2, -0.15) is 0 Å². The van der Waals surface area contributed by atoms with E-state index in [1.54, 1.807) is 14.2 Å². The molecule has 0 amide bonds. The van der Waals surface area contributed by atoms with Crippen molar-refractivity contribution in [1.29, 1.82) is 0 Å². The van der Waals surface area contributed by atoms with Gasteiger partial charge in [0.2, 0.25) is 0 Å². The summed E-state index contributed by atoms with van der Waals surface area (Å²) < 4.78 is 16.6. The lowest BCUT2D eigenvalue weighted by Crippen LogP contribution is -2.10. The number of benzene rings is 3. The first-order chi connectivity index (χ1) is 16.1. The van der Waals surface area contributed by atoms with Gasteiger partial charge in [-0.05, 0) is 60.4 Å². The molecule has 1 aliphatic rings. The van der Waals surface area contributed by atoms with E-state index in [1.807, 2.05) is 19.1 Å². The summed E-state index contributed by atoms with van der Waals surface area (Å²) in [5.74, 6) is 3.76. The van der Waals surface area contributed by atoms with Crippen LogP contribution in [-0.4, -0.2) is 30.8 Å². The summed E-state index contributed by atoms with van der Waals surface area (Å²) in [6, 6.07) is 18.9. The largest absolute Gasteiger partial charge is 0.493 e. The fraction of sp³-hybridized carbons (Fsp3) is 0.259. The number of nitrogens with one attached hydrogen (secondary N) is 1. The van der Waals surface area contributed by atoms with Crippen LogP contribution in [0.25, 0.3) is 22.0 Å². The van der Waals surface area contributed by atoms with Crippen LogP contribution in [0.1, 0.15) is 29.9 Å². The summed E-state index contributed by atoms with van der Waals surface area (Å²) in [7, 11) is 3.25. The minimum atomic E-state index is 0.0355. The predicted octanol–water partition coefficient (Wildman–Crippen LogP) is 5.73. The van der Waals surface area contributed by atoms with E-state index in [0.29, 0.717) is 17.3 Å². The average Bonchev–Trinajstić information content (AvgIpc) is 3.31. The number of aromatic nitrogens is 2. The highest BCUT2D eigenvalue weighted by atomic mass is 16.5. The van der Waals surface area contributed by atoms with E-state index in [1.165, 1.54) is 22.3 Å². The molecule has 0 saturated carbocycles. The minimum Gasteiger partial charge on any atom is -0.493 e. The van der Waals surface area contributed by atoms with E-state index >= 15 is 0 Å². The van der Waals surface area contributed by atoms with Crippen LogP contribution in [0.15, 0.2) is 54.6 Å². The molecule has 4 aromatic rings. The summed E-state index contributed by atoms with van der Waals surface area (Å²) in [5, 5.41) is 4.47. The summed E-state index contributed by atoms with van der Waals surface area (Å²) in [4.78, 5) is 9.27. The summed E-state index contributed by atoms with van der Waals surface area (Å²) in [6.45, 7) is 4.80. The Morgan fingerprint density at radius 3 is 2.55 bits per heavy atom. The molecule has 1 unspecified atom stereocenters. The number of aryl methyl sites for hydroxylation is 1. The zero-order chi connectivity index (χ0) is 22.9. The Hall–Kier alpha value is -3.80. The Balaban J connectivity index is 1.47. The van der Waals surface area contributed by atoms with Gasteiger partial charge in [-0.25, -0.2) is 9.97 Å². The van der Waals surface area contributed by atoms with Crippen molar-refractivity contribution in [1.82, 2.24) is 9.97 Å². The van der Waals surface area contributed by atoms with Crippen molar-refractivity contribution in [2.45, 2.75) is 26.3 Å². The molecule has 0 spiro atoms. The highest BCUT2D eigenvalue weighted by Crippen LogP contribution is 2.36. The first-order valence-electron chi connectivity index (χ1n) is 11.1. The zero-order valence-corrected chi connectivity index (χ0v) is 19.3. The van der Waals surface area contributed by atoms with E-state index in [0.717, 1.165) is 35.5 Å². The molecule has 1 aliphatic heterocycles. The van der Waals surface area contributed by atoms with Crippen LogP contribution in [0.2, 0.25) is 0 Å². The fourth-order valence-corrected chi connectivity index (χ4v) is 4.32. The zero-order valence-electron chi connectivity index (χ0n) is 19.3. The smallest absolute Gasteiger partial charge is 0.162 e. The summed E-state index contributed by atoms with van der Waals surface area (Å²) in [6.07, 6.45) is 0.967. The Morgan fingerprint density at radius 2 is 1.73 bits per heavy atom. The van der Waals surface area contributed by atoms with Crippen molar-refractivity contribution < 1.29 is 14.2 Å². The van der Waals surface area contributed by atoms with E-state index in [9.17, 15) is 0 Å².